The lowest BCUT2D eigenvalue weighted by Crippen LogP contribution is -2.59. The van der Waals surface area contributed by atoms with Gasteiger partial charge in [-0.05, 0) is 18.1 Å². The number of nitrogens with one attached hydrogen (secondary N) is 1. The van der Waals surface area contributed by atoms with Crippen LogP contribution in [0.5, 0.6) is 0 Å². The van der Waals surface area contributed by atoms with Gasteiger partial charge in [0.2, 0.25) is 11.8 Å². The lowest BCUT2D eigenvalue weighted by molar-refractivity contribution is -0.141. The summed E-state index contributed by atoms with van der Waals surface area (Å²) >= 11 is 6.21. The fourth-order valence-corrected chi connectivity index (χ4v) is 2.88. The Labute approximate surface area is 123 Å². The molecule has 1 heterocycles. The van der Waals surface area contributed by atoms with Crippen LogP contribution in [0.25, 0.3) is 0 Å². The number of amides is 2. The van der Waals surface area contributed by atoms with Gasteiger partial charge in [-0.3, -0.25) is 19.8 Å². The van der Waals surface area contributed by atoms with E-state index in [2.05, 4.69) is 5.32 Å². The number of piperazine rings is 1. The van der Waals surface area contributed by atoms with Crippen LogP contribution in [-0.4, -0.2) is 35.8 Å². The molecule has 1 saturated heterocycles. The van der Waals surface area contributed by atoms with Crippen molar-refractivity contribution in [2.45, 2.75) is 25.4 Å². The van der Waals surface area contributed by atoms with Crippen molar-refractivity contribution in [1.29, 1.82) is 0 Å². The van der Waals surface area contributed by atoms with Gasteiger partial charge < -0.3 is 5.73 Å². The summed E-state index contributed by atoms with van der Waals surface area (Å²) in [6, 6.07) is 6.76. The Morgan fingerprint density at radius 3 is 2.75 bits per heavy atom. The summed E-state index contributed by atoms with van der Waals surface area (Å²) in [5, 5.41) is 2.96. The van der Waals surface area contributed by atoms with E-state index in [1.807, 2.05) is 30.0 Å². The number of nitrogens with two attached hydrogens (primary N) is 1. The van der Waals surface area contributed by atoms with Gasteiger partial charge >= 0.3 is 0 Å². The highest BCUT2D eigenvalue weighted by Gasteiger charge is 2.37. The van der Waals surface area contributed by atoms with Crippen molar-refractivity contribution < 1.29 is 9.59 Å². The maximum absolute atomic E-state index is 11.9. The van der Waals surface area contributed by atoms with Crippen LogP contribution in [0, 0.1) is 0 Å². The van der Waals surface area contributed by atoms with Crippen LogP contribution < -0.4 is 11.1 Å². The Morgan fingerprint density at radius 2 is 2.15 bits per heavy atom. The first-order chi connectivity index (χ1) is 9.58. The normalized spacial score (nSPS) is 21.6. The molecule has 5 nitrogen and oxygen atoms in total. The van der Waals surface area contributed by atoms with Crippen LogP contribution >= 0.6 is 11.6 Å². The minimum atomic E-state index is -0.363. The van der Waals surface area contributed by atoms with Gasteiger partial charge in [-0.1, -0.05) is 36.7 Å². The Morgan fingerprint density at radius 1 is 1.45 bits per heavy atom. The van der Waals surface area contributed by atoms with Gasteiger partial charge in [0.05, 0.1) is 12.6 Å². The smallest absolute Gasteiger partial charge is 0.243 e. The summed E-state index contributed by atoms with van der Waals surface area (Å²) < 4.78 is 0. The average molecular weight is 296 g/mol. The molecule has 20 heavy (non-hydrogen) atoms. The van der Waals surface area contributed by atoms with Crippen molar-refractivity contribution in [3.63, 3.8) is 0 Å². The monoisotopic (exact) mass is 295 g/mol. The highest BCUT2D eigenvalue weighted by molar-refractivity contribution is 6.31. The number of hydrogen-bond donors (Lipinski definition) is 2. The molecular weight excluding hydrogens is 278 g/mol. The molecule has 2 rings (SSSR count). The number of imide groups is 1. The minimum Gasteiger partial charge on any atom is -0.329 e. The second-order valence-corrected chi connectivity index (χ2v) is 5.19. The van der Waals surface area contributed by atoms with E-state index < -0.39 is 0 Å². The lowest BCUT2D eigenvalue weighted by atomic mass is 10.00. The van der Waals surface area contributed by atoms with E-state index in [4.69, 9.17) is 17.3 Å². The summed E-state index contributed by atoms with van der Waals surface area (Å²) in [6.45, 7) is 2.35. The van der Waals surface area contributed by atoms with Crippen LogP contribution in [0.2, 0.25) is 5.02 Å². The predicted octanol–water partition coefficient (Wildman–Crippen LogP) is 1.08. The molecule has 6 heteroatoms. The third kappa shape index (κ3) is 2.85. The molecule has 3 N–H and O–H groups in total. The van der Waals surface area contributed by atoms with Crippen LogP contribution in [0.1, 0.15) is 24.9 Å². The SMILES string of the molecule is CCC1C(=O)NC(=O)CN1C(CN)c1ccccc1Cl. The van der Waals surface area contributed by atoms with E-state index >= 15 is 0 Å². The van der Waals surface area contributed by atoms with Gasteiger partial charge in [-0.15, -0.1) is 0 Å². The third-order valence-corrected chi connectivity index (χ3v) is 3.91. The van der Waals surface area contributed by atoms with Crippen LogP contribution in [0.3, 0.4) is 0 Å². The molecule has 108 valence electrons. The molecule has 0 bridgehead atoms. The standard InChI is InChI=1S/C14H18ClN3O2/c1-2-11-14(20)17-13(19)8-18(11)12(7-16)9-5-3-4-6-10(9)15/h3-6,11-12H,2,7-8,16H2,1H3,(H,17,19,20). The lowest BCUT2D eigenvalue weighted by Gasteiger charge is -2.39. The quantitative estimate of drug-likeness (QED) is 0.815. The largest absolute Gasteiger partial charge is 0.329 e. The summed E-state index contributed by atoms with van der Waals surface area (Å²) in [5.74, 6) is -0.570. The molecule has 1 aliphatic rings. The summed E-state index contributed by atoms with van der Waals surface area (Å²) in [5.41, 5.74) is 6.71. The third-order valence-electron chi connectivity index (χ3n) is 3.57. The number of carbonyl (C=O) groups is 2. The summed E-state index contributed by atoms with van der Waals surface area (Å²) in [6.07, 6.45) is 0.611. The number of halogens is 1. The first kappa shape index (κ1) is 15.0. The predicted molar refractivity (Wildman–Crippen MR) is 77.2 cm³/mol. The topological polar surface area (TPSA) is 75.4 Å². The number of nitrogens with zero attached hydrogens (tertiary/aromatic N) is 1. The molecule has 0 radical (unpaired) electrons. The number of hydrogen-bond acceptors (Lipinski definition) is 4. The van der Waals surface area contributed by atoms with E-state index in [9.17, 15) is 9.59 Å². The van der Waals surface area contributed by atoms with Gasteiger partial charge in [-0.25, -0.2) is 0 Å². The minimum absolute atomic E-state index is 0.150. The molecule has 1 aromatic carbocycles. The van der Waals surface area contributed by atoms with Crippen molar-refractivity contribution in [3.8, 4) is 0 Å². The van der Waals surface area contributed by atoms with Crippen molar-refractivity contribution in [2.24, 2.45) is 5.73 Å². The molecule has 2 amide bonds. The summed E-state index contributed by atoms with van der Waals surface area (Å²) in [7, 11) is 0. The fraction of sp³-hybridized carbons (Fsp3) is 0.429. The zero-order valence-electron chi connectivity index (χ0n) is 11.3. The summed E-state index contributed by atoms with van der Waals surface area (Å²) in [4.78, 5) is 25.4. The van der Waals surface area contributed by atoms with E-state index in [1.54, 1.807) is 6.07 Å². The van der Waals surface area contributed by atoms with Gasteiger partial charge in [0.1, 0.15) is 0 Å². The van der Waals surface area contributed by atoms with Gasteiger partial charge in [0.15, 0.2) is 0 Å². The Hall–Kier alpha value is -1.43. The number of benzene rings is 1. The van der Waals surface area contributed by atoms with Crippen molar-refractivity contribution in [2.75, 3.05) is 13.1 Å². The highest BCUT2D eigenvalue weighted by atomic mass is 35.5. The van der Waals surface area contributed by atoms with Crippen LogP contribution in [0.4, 0.5) is 0 Å². The number of rotatable bonds is 4. The van der Waals surface area contributed by atoms with Gasteiger partial charge in [0.25, 0.3) is 0 Å². The Bertz CT molecular complexity index is 521. The average Bonchev–Trinajstić information content (AvgIpc) is 2.41. The molecule has 0 saturated carbocycles. The molecule has 0 aromatic heterocycles. The molecular formula is C14H18ClN3O2. The first-order valence-electron chi connectivity index (χ1n) is 6.62. The van der Waals surface area contributed by atoms with Crippen molar-refractivity contribution >= 4 is 23.4 Å². The van der Waals surface area contributed by atoms with Crippen LogP contribution in [0.15, 0.2) is 24.3 Å². The second-order valence-electron chi connectivity index (χ2n) is 4.78. The molecule has 2 unspecified atom stereocenters. The van der Waals surface area contributed by atoms with Crippen LogP contribution in [-0.2, 0) is 9.59 Å². The fourth-order valence-electron chi connectivity index (χ4n) is 2.62. The molecule has 1 aliphatic heterocycles. The number of carbonyl (C=O) groups excluding carboxylic acids is 2. The zero-order valence-corrected chi connectivity index (χ0v) is 12.1. The zero-order chi connectivity index (χ0) is 14.7. The maximum atomic E-state index is 11.9. The second kappa shape index (κ2) is 6.35. The van der Waals surface area contributed by atoms with Crippen molar-refractivity contribution in [1.82, 2.24) is 10.2 Å². The van der Waals surface area contributed by atoms with E-state index in [0.717, 1.165) is 5.56 Å². The van der Waals surface area contributed by atoms with E-state index in [-0.39, 0.29) is 30.4 Å². The maximum Gasteiger partial charge on any atom is 0.243 e. The Kier molecular flexibility index (Phi) is 4.75. The van der Waals surface area contributed by atoms with Gasteiger partial charge in [-0.2, -0.15) is 0 Å². The van der Waals surface area contributed by atoms with Crippen molar-refractivity contribution in [3.05, 3.63) is 34.9 Å². The molecule has 1 aromatic rings. The Balaban J connectivity index is 2.36. The molecule has 0 spiro atoms. The van der Waals surface area contributed by atoms with E-state index in [0.29, 0.717) is 18.0 Å². The van der Waals surface area contributed by atoms with Gasteiger partial charge in [0, 0.05) is 17.6 Å². The molecule has 0 aliphatic carbocycles. The first-order valence-corrected chi connectivity index (χ1v) is 7.00. The molecule has 1 fully saturated rings. The molecule has 2 atom stereocenters. The highest BCUT2D eigenvalue weighted by Crippen LogP contribution is 2.29. The van der Waals surface area contributed by atoms with E-state index in [1.165, 1.54) is 0 Å².